The van der Waals surface area contributed by atoms with Gasteiger partial charge in [0.25, 0.3) is 5.91 Å². The number of hydrogen-bond donors (Lipinski definition) is 3. The van der Waals surface area contributed by atoms with Crippen LogP contribution in [-0.4, -0.2) is 42.3 Å². The van der Waals surface area contributed by atoms with E-state index in [0.717, 1.165) is 18.4 Å². The van der Waals surface area contributed by atoms with Crippen LogP contribution in [0.25, 0.3) is 0 Å². The molecule has 128 valence electrons. The van der Waals surface area contributed by atoms with Crippen LogP contribution >= 0.6 is 0 Å². The van der Waals surface area contributed by atoms with E-state index in [1.54, 1.807) is 0 Å². The van der Waals surface area contributed by atoms with Crippen LogP contribution in [0.2, 0.25) is 0 Å². The lowest BCUT2D eigenvalue weighted by molar-refractivity contribution is -0.146. The van der Waals surface area contributed by atoms with Crippen molar-refractivity contribution in [1.29, 1.82) is 0 Å². The van der Waals surface area contributed by atoms with Crippen LogP contribution in [0.1, 0.15) is 31.7 Å². The largest absolute Gasteiger partial charge is 0.467 e. The molecular formula is C17H26N2O4. The predicted molar refractivity (Wildman–Crippen MR) is 87.6 cm³/mol. The molecule has 23 heavy (non-hydrogen) atoms. The number of ether oxygens (including phenoxy) is 1. The van der Waals surface area contributed by atoms with E-state index in [0.29, 0.717) is 6.42 Å². The summed E-state index contributed by atoms with van der Waals surface area (Å²) in [7, 11) is 1.26. The Labute approximate surface area is 137 Å². The number of benzene rings is 1. The number of nitrogens with one attached hydrogen (secondary N) is 1. The molecule has 3 atom stereocenters. The molecule has 6 nitrogen and oxygen atoms in total. The molecular weight excluding hydrogens is 296 g/mol. The molecule has 1 rings (SSSR count). The molecule has 4 N–H and O–H groups in total. The van der Waals surface area contributed by atoms with Gasteiger partial charge in [0.1, 0.15) is 12.1 Å². The van der Waals surface area contributed by atoms with E-state index in [2.05, 4.69) is 5.32 Å². The van der Waals surface area contributed by atoms with Crippen molar-refractivity contribution in [2.45, 2.75) is 50.8 Å². The standard InChI is InChI=1S/C17H26N2O4/c1-3-4-10-13(18)15(20)16(21)19-14(17(22)23-2)11-12-8-6-5-7-9-12/h5-9,13-15,20H,3-4,10-11,18H2,1-2H3,(H,19,21)/t13-,14-,15-/m0/s1. The summed E-state index contributed by atoms with van der Waals surface area (Å²) in [6.07, 6.45) is 1.25. The molecule has 0 radical (unpaired) electrons. The van der Waals surface area contributed by atoms with Gasteiger partial charge in [0.05, 0.1) is 7.11 Å². The second-order valence-electron chi connectivity index (χ2n) is 5.52. The van der Waals surface area contributed by atoms with Crippen molar-refractivity contribution in [2.75, 3.05) is 7.11 Å². The van der Waals surface area contributed by atoms with E-state index in [1.807, 2.05) is 37.3 Å². The Kier molecular flexibility index (Phi) is 8.29. The lowest BCUT2D eigenvalue weighted by atomic mass is 10.0. The fraction of sp³-hybridized carbons (Fsp3) is 0.529. The average Bonchev–Trinajstić information content (AvgIpc) is 2.58. The molecule has 0 saturated heterocycles. The monoisotopic (exact) mass is 322 g/mol. The van der Waals surface area contributed by atoms with Crippen LogP contribution in [0.4, 0.5) is 0 Å². The first-order chi connectivity index (χ1) is 11.0. The summed E-state index contributed by atoms with van der Waals surface area (Å²) in [5, 5.41) is 12.5. The molecule has 1 aromatic carbocycles. The molecule has 0 aromatic heterocycles. The van der Waals surface area contributed by atoms with Crippen molar-refractivity contribution in [1.82, 2.24) is 5.32 Å². The van der Waals surface area contributed by atoms with Gasteiger partial charge in [-0.3, -0.25) is 4.79 Å². The van der Waals surface area contributed by atoms with Crippen molar-refractivity contribution in [3.8, 4) is 0 Å². The highest BCUT2D eigenvalue weighted by Gasteiger charge is 2.28. The Morgan fingerprint density at radius 1 is 1.30 bits per heavy atom. The van der Waals surface area contributed by atoms with Gasteiger partial charge in [-0.05, 0) is 12.0 Å². The molecule has 0 spiro atoms. The van der Waals surface area contributed by atoms with E-state index < -0.39 is 30.1 Å². The topological polar surface area (TPSA) is 102 Å². The third-order valence-corrected chi connectivity index (χ3v) is 3.65. The van der Waals surface area contributed by atoms with Crippen molar-refractivity contribution in [3.05, 3.63) is 35.9 Å². The maximum atomic E-state index is 12.1. The maximum Gasteiger partial charge on any atom is 0.328 e. The first-order valence-electron chi connectivity index (χ1n) is 7.85. The van der Waals surface area contributed by atoms with Gasteiger partial charge < -0.3 is 20.9 Å². The molecule has 0 saturated carbocycles. The zero-order valence-corrected chi connectivity index (χ0v) is 13.7. The van der Waals surface area contributed by atoms with Gasteiger partial charge in [0.2, 0.25) is 0 Å². The van der Waals surface area contributed by atoms with Crippen LogP contribution in [0.5, 0.6) is 0 Å². The number of unbranched alkanes of at least 4 members (excludes halogenated alkanes) is 1. The smallest absolute Gasteiger partial charge is 0.328 e. The number of rotatable bonds is 9. The summed E-state index contributed by atoms with van der Waals surface area (Å²) in [5.41, 5.74) is 6.70. The Morgan fingerprint density at radius 2 is 1.96 bits per heavy atom. The summed E-state index contributed by atoms with van der Waals surface area (Å²) in [4.78, 5) is 24.0. The number of nitrogens with two attached hydrogens (primary N) is 1. The van der Waals surface area contributed by atoms with Crippen molar-refractivity contribution >= 4 is 11.9 Å². The number of esters is 1. The maximum absolute atomic E-state index is 12.1. The van der Waals surface area contributed by atoms with E-state index in [9.17, 15) is 14.7 Å². The highest BCUT2D eigenvalue weighted by atomic mass is 16.5. The van der Waals surface area contributed by atoms with Gasteiger partial charge in [-0.1, -0.05) is 50.1 Å². The highest BCUT2D eigenvalue weighted by Crippen LogP contribution is 2.07. The van der Waals surface area contributed by atoms with Crippen LogP contribution in [0.15, 0.2) is 30.3 Å². The first-order valence-corrected chi connectivity index (χ1v) is 7.85. The van der Waals surface area contributed by atoms with Crippen LogP contribution in [0, 0.1) is 0 Å². The second-order valence-corrected chi connectivity index (χ2v) is 5.52. The van der Waals surface area contributed by atoms with E-state index in [-0.39, 0.29) is 6.42 Å². The minimum absolute atomic E-state index is 0.288. The second kappa shape index (κ2) is 9.97. The molecule has 0 fully saturated rings. The number of carbonyl (C=O) groups is 2. The lowest BCUT2D eigenvalue weighted by Gasteiger charge is -2.22. The van der Waals surface area contributed by atoms with Crippen molar-refractivity contribution in [2.24, 2.45) is 5.73 Å². The zero-order valence-electron chi connectivity index (χ0n) is 13.7. The van der Waals surface area contributed by atoms with Crippen molar-refractivity contribution < 1.29 is 19.4 Å². The highest BCUT2D eigenvalue weighted by molar-refractivity contribution is 5.87. The Balaban J connectivity index is 2.69. The average molecular weight is 322 g/mol. The molecule has 1 amide bonds. The fourth-order valence-electron chi connectivity index (χ4n) is 2.23. The molecule has 0 aliphatic rings. The minimum atomic E-state index is -1.34. The summed E-state index contributed by atoms with van der Waals surface area (Å²) >= 11 is 0. The molecule has 0 aliphatic carbocycles. The van der Waals surface area contributed by atoms with Crippen molar-refractivity contribution in [3.63, 3.8) is 0 Å². The van der Waals surface area contributed by atoms with E-state index >= 15 is 0 Å². The third kappa shape index (κ3) is 6.38. The molecule has 0 heterocycles. The molecule has 0 bridgehead atoms. The number of carbonyl (C=O) groups excluding carboxylic acids is 2. The number of amides is 1. The first kappa shape index (κ1) is 19.1. The molecule has 0 unspecified atom stereocenters. The Bertz CT molecular complexity index is 493. The summed E-state index contributed by atoms with van der Waals surface area (Å²) in [6.45, 7) is 2.01. The van der Waals surface area contributed by atoms with Crippen LogP contribution < -0.4 is 11.1 Å². The van der Waals surface area contributed by atoms with Gasteiger partial charge in [-0.2, -0.15) is 0 Å². The molecule has 0 aliphatic heterocycles. The van der Waals surface area contributed by atoms with E-state index in [1.165, 1.54) is 7.11 Å². The van der Waals surface area contributed by atoms with E-state index in [4.69, 9.17) is 10.5 Å². The molecule has 1 aromatic rings. The summed E-state index contributed by atoms with van der Waals surface area (Å²) in [6, 6.07) is 7.76. The van der Waals surface area contributed by atoms with Gasteiger partial charge in [0.15, 0.2) is 0 Å². The SMILES string of the molecule is CCCC[C@H](N)[C@H](O)C(=O)N[C@@H](Cc1ccccc1)C(=O)OC. The van der Waals surface area contributed by atoms with Gasteiger partial charge in [-0.25, -0.2) is 4.79 Å². The fourth-order valence-corrected chi connectivity index (χ4v) is 2.23. The van der Waals surface area contributed by atoms with Gasteiger partial charge in [0, 0.05) is 12.5 Å². The summed E-state index contributed by atoms with van der Waals surface area (Å²) < 4.78 is 4.72. The number of hydrogen-bond acceptors (Lipinski definition) is 5. The predicted octanol–water partition coefficient (Wildman–Crippen LogP) is 0.765. The van der Waals surface area contributed by atoms with Gasteiger partial charge in [-0.15, -0.1) is 0 Å². The lowest BCUT2D eigenvalue weighted by Crippen LogP contribution is -2.52. The zero-order chi connectivity index (χ0) is 17.2. The number of methoxy groups -OCH3 is 1. The number of aliphatic hydroxyl groups is 1. The summed E-state index contributed by atoms with van der Waals surface area (Å²) in [5.74, 6) is -1.21. The quantitative estimate of drug-likeness (QED) is 0.583. The van der Waals surface area contributed by atoms with Crippen LogP contribution in [-0.2, 0) is 20.7 Å². The Hall–Kier alpha value is -1.92. The molecule has 6 heteroatoms. The third-order valence-electron chi connectivity index (χ3n) is 3.65. The Morgan fingerprint density at radius 3 is 2.52 bits per heavy atom. The normalized spacial score (nSPS) is 14.6. The van der Waals surface area contributed by atoms with Gasteiger partial charge >= 0.3 is 5.97 Å². The minimum Gasteiger partial charge on any atom is -0.467 e. The van der Waals surface area contributed by atoms with Crippen LogP contribution in [0.3, 0.4) is 0 Å². The number of aliphatic hydroxyl groups excluding tert-OH is 1.